The van der Waals surface area contributed by atoms with Crippen LogP contribution in [0.2, 0.25) is 0 Å². The van der Waals surface area contributed by atoms with Gasteiger partial charge in [0.15, 0.2) is 0 Å². The number of anilines is 1. The molecule has 2 aromatic rings. The molecule has 274 valence electrons. The second kappa shape index (κ2) is 18.7. The number of nitrogens with one attached hydrogen (secondary N) is 4. The van der Waals surface area contributed by atoms with Crippen LogP contribution in [0.4, 0.5) is 45.3 Å². The summed E-state index contributed by atoms with van der Waals surface area (Å²) in [5.74, 6) is -7.78. The highest BCUT2D eigenvalue weighted by Crippen LogP contribution is 2.21. The zero-order valence-corrected chi connectivity index (χ0v) is 24.8. The summed E-state index contributed by atoms with van der Waals surface area (Å²) in [7, 11) is 0. The van der Waals surface area contributed by atoms with E-state index < -0.39 is 42.5 Å². The molecule has 13 nitrogen and oxygen atoms in total. The predicted octanol–water partition coefficient (Wildman–Crippen LogP) is 2.21. The van der Waals surface area contributed by atoms with Gasteiger partial charge in [0, 0.05) is 44.0 Å². The monoisotopic (exact) mass is 723 g/mol. The number of alkyl halides is 9. The lowest BCUT2D eigenvalue weighted by atomic mass is 10.1. The zero-order chi connectivity index (χ0) is 37.6. The first kappa shape index (κ1) is 42.3. The fraction of sp³-hybridized carbons (Fsp3) is 0.444. The Hall–Kier alpha value is -4.70. The molecule has 1 saturated heterocycles. The van der Waals surface area contributed by atoms with Gasteiger partial charge in [-0.1, -0.05) is 24.3 Å². The van der Waals surface area contributed by atoms with Crippen LogP contribution in [0.5, 0.6) is 0 Å². The molecular weight excluding hydrogens is 693 g/mol. The number of carbonyl (C=O) groups is 4. The van der Waals surface area contributed by atoms with Crippen molar-refractivity contribution in [3.63, 3.8) is 0 Å². The van der Waals surface area contributed by atoms with Gasteiger partial charge >= 0.3 is 36.4 Å². The van der Waals surface area contributed by atoms with Gasteiger partial charge in [0.25, 0.3) is 5.91 Å². The van der Waals surface area contributed by atoms with Gasteiger partial charge in [0.1, 0.15) is 5.82 Å². The number of halogens is 9. The maximum Gasteiger partial charge on any atom is 0.490 e. The molecule has 4 rings (SSSR count). The number of amides is 1. The number of aliphatic carboxylic acids is 3. The van der Waals surface area contributed by atoms with E-state index in [1.54, 1.807) is 18.3 Å². The number of aromatic nitrogens is 1. The van der Waals surface area contributed by atoms with Gasteiger partial charge in [0.2, 0.25) is 0 Å². The molecule has 0 bridgehead atoms. The van der Waals surface area contributed by atoms with E-state index in [-0.39, 0.29) is 12.5 Å². The van der Waals surface area contributed by atoms with E-state index in [0.29, 0.717) is 30.0 Å². The van der Waals surface area contributed by atoms with Crippen LogP contribution in [0.25, 0.3) is 0 Å². The minimum Gasteiger partial charge on any atom is -0.475 e. The Morgan fingerprint density at radius 1 is 0.776 bits per heavy atom. The molecule has 2 aliphatic rings. The van der Waals surface area contributed by atoms with E-state index >= 15 is 0 Å². The molecule has 22 heteroatoms. The number of aliphatic hydroxyl groups excluding tert-OH is 1. The normalized spacial score (nSPS) is 14.9. The van der Waals surface area contributed by atoms with E-state index in [2.05, 4.69) is 50.5 Å². The Labute approximate surface area is 270 Å². The van der Waals surface area contributed by atoms with Gasteiger partial charge in [-0.3, -0.25) is 4.79 Å². The van der Waals surface area contributed by atoms with Gasteiger partial charge in [-0.05, 0) is 36.1 Å². The van der Waals surface area contributed by atoms with Crippen molar-refractivity contribution in [1.29, 1.82) is 0 Å². The smallest absolute Gasteiger partial charge is 0.475 e. The largest absolute Gasteiger partial charge is 0.490 e. The molecule has 0 unspecified atom stereocenters. The van der Waals surface area contributed by atoms with Gasteiger partial charge in [-0.15, -0.1) is 0 Å². The molecule has 1 aromatic carbocycles. The second-order valence-electron chi connectivity index (χ2n) is 9.98. The third-order valence-electron chi connectivity index (χ3n) is 6.07. The van der Waals surface area contributed by atoms with E-state index in [4.69, 9.17) is 29.7 Å². The fourth-order valence-corrected chi connectivity index (χ4v) is 3.64. The molecule has 0 saturated carbocycles. The van der Waals surface area contributed by atoms with Crippen molar-refractivity contribution in [1.82, 2.24) is 20.9 Å². The van der Waals surface area contributed by atoms with Crippen LogP contribution in [0.3, 0.4) is 0 Å². The maximum atomic E-state index is 12.4. The van der Waals surface area contributed by atoms with Crippen LogP contribution in [0, 0.1) is 0 Å². The minimum atomic E-state index is -5.08. The number of hydrogen-bond donors (Lipinski definition) is 8. The van der Waals surface area contributed by atoms with Crippen LogP contribution in [0.15, 0.2) is 42.6 Å². The number of carbonyl (C=O) groups excluding carboxylic acids is 1. The van der Waals surface area contributed by atoms with Crippen LogP contribution in [0.1, 0.15) is 21.5 Å². The van der Waals surface area contributed by atoms with E-state index in [9.17, 15) is 49.4 Å². The Morgan fingerprint density at radius 2 is 1.22 bits per heavy atom. The minimum absolute atomic E-state index is 0.204. The van der Waals surface area contributed by atoms with Crippen LogP contribution >= 0.6 is 0 Å². The van der Waals surface area contributed by atoms with Crippen molar-refractivity contribution in [3.05, 3.63) is 59.3 Å². The van der Waals surface area contributed by atoms with Crippen LogP contribution < -0.4 is 21.3 Å². The van der Waals surface area contributed by atoms with Gasteiger partial charge < -0.3 is 41.7 Å². The molecule has 49 heavy (non-hydrogen) atoms. The van der Waals surface area contributed by atoms with Gasteiger partial charge in [-0.2, -0.15) is 39.5 Å². The van der Waals surface area contributed by atoms with E-state index in [1.807, 2.05) is 0 Å². The summed E-state index contributed by atoms with van der Waals surface area (Å²) in [5.41, 5.74) is 3.29. The molecule has 1 fully saturated rings. The quantitative estimate of drug-likeness (QED) is 0.185. The number of carboxylic acids is 3. The van der Waals surface area contributed by atoms with Crippen molar-refractivity contribution in [2.45, 2.75) is 49.6 Å². The lowest BCUT2D eigenvalue weighted by molar-refractivity contribution is -0.193. The summed E-state index contributed by atoms with van der Waals surface area (Å²) in [6.45, 7) is 2.48. The third-order valence-corrected chi connectivity index (χ3v) is 6.07. The maximum absolute atomic E-state index is 12.4. The molecule has 1 aromatic heterocycles. The zero-order valence-electron chi connectivity index (χ0n) is 24.8. The van der Waals surface area contributed by atoms with Crippen LogP contribution in [-0.2, 0) is 27.2 Å². The van der Waals surface area contributed by atoms with Crippen molar-refractivity contribution >= 4 is 29.6 Å². The summed E-state index contributed by atoms with van der Waals surface area (Å²) >= 11 is 0. The third kappa shape index (κ3) is 16.8. The van der Waals surface area contributed by atoms with Gasteiger partial charge in [0.05, 0.1) is 12.1 Å². The first-order valence-electron chi connectivity index (χ1n) is 13.6. The predicted molar refractivity (Wildman–Crippen MR) is 150 cm³/mol. The topological polar surface area (TPSA) is 210 Å². The average Bonchev–Trinajstić information content (AvgIpc) is 3.39. The average molecular weight is 724 g/mol. The number of rotatable bonds is 8. The van der Waals surface area contributed by atoms with Crippen molar-refractivity contribution in [3.8, 4) is 0 Å². The standard InChI is InChI=1S/C21H27N5O2.3C2HF3O2/c27-19(12-24-17-7-14-3-1-2-4-15(14)8-17)13-25-21(28)16-5-6-23-20(9-16)26-18-10-22-11-18;3*3-2(4,5)1(6)7/h1-6,9,17-19,22,24,27H,7-8,10-13H2,(H,23,26)(H,25,28);3*(H,6,7)/t19-;;;/m0.../s1. The fourth-order valence-electron chi connectivity index (χ4n) is 3.64. The molecule has 1 aliphatic heterocycles. The summed E-state index contributed by atoms with van der Waals surface area (Å²) in [6.07, 6.45) is -12.3. The van der Waals surface area contributed by atoms with Crippen molar-refractivity contribution in [2.24, 2.45) is 0 Å². The molecule has 0 spiro atoms. The van der Waals surface area contributed by atoms with Gasteiger partial charge in [-0.25, -0.2) is 19.4 Å². The molecular formula is C27H30F9N5O8. The number of hydrogen-bond acceptors (Lipinski definition) is 9. The molecule has 2 heterocycles. The highest BCUT2D eigenvalue weighted by Gasteiger charge is 2.39. The molecule has 1 aliphatic carbocycles. The molecule has 8 N–H and O–H groups in total. The summed E-state index contributed by atoms with van der Waals surface area (Å²) in [6, 6.07) is 12.6. The summed E-state index contributed by atoms with van der Waals surface area (Å²) in [5, 5.41) is 44.3. The lowest BCUT2D eigenvalue weighted by Gasteiger charge is -2.28. The van der Waals surface area contributed by atoms with E-state index in [0.717, 1.165) is 25.9 Å². The lowest BCUT2D eigenvalue weighted by Crippen LogP contribution is -2.51. The Morgan fingerprint density at radius 3 is 1.61 bits per heavy atom. The molecule has 1 amide bonds. The number of pyridine rings is 1. The van der Waals surface area contributed by atoms with Crippen molar-refractivity contribution in [2.75, 3.05) is 31.5 Å². The number of carboxylic acid groups (broad SMARTS) is 3. The van der Waals surface area contributed by atoms with Crippen LogP contribution in [-0.4, -0.2) is 112 Å². The molecule has 0 radical (unpaired) electrons. The Kier molecular flexibility index (Phi) is 16.2. The van der Waals surface area contributed by atoms with E-state index in [1.165, 1.54) is 11.1 Å². The van der Waals surface area contributed by atoms with Crippen molar-refractivity contribution < 1.29 is 79.1 Å². The number of aliphatic hydroxyl groups is 1. The number of fused-ring (bicyclic) bond motifs is 1. The SMILES string of the molecule is O=C(NC[C@@H](O)CNC1Cc2ccccc2C1)c1ccnc(NC2CNC2)c1.O=C(O)C(F)(F)F.O=C(O)C(F)(F)F.O=C(O)C(F)(F)F. The first-order valence-corrected chi connectivity index (χ1v) is 13.6. The Balaban J connectivity index is 0.000000467. The summed E-state index contributed by atoms with van der Waals surface area (Å²) < 4.78 is 95.2. The Bertz CT molecular complexity index is 1320. The highest BCUT2D eigenvalue weighted by atomic mass is 19.4. The second-order valence-corrected chi connectivity index (χ2v) is 9.98. The highest BCUT2D eigenvalue weighted by molar-refractivity contribution is 5.94. The number of benzene rings is 1. The first-order chi connectivity index (χ1) is 22.5. The molecule has 1 atom stereocenters. The summed E-state index contributed by atoms with van der Waals surface area (Å²) in [4.78, 5) is 43.3. The number of nitrogens with zero attached hydrogens (tertiary/aromatic N) is 1.